The number of aliphatic imine (C=N–C) groups is 2. The molecule has 3 heteroatoms. The summed E-state index contributed by atoms with van der Waals surface area (Å²) >= 11 is 3.57. The molecule has 1 heterocycles. The third-order valence-corrected chi connectivity index (χ3v) is 8.53. The van der Waals surface area contributed by atoms with Crippen molar-refractivity contribution in [2.45, 2.75) is 6.04 Å². The molecule has 0 N–H and O–H groups in total. The van der Waals surface area contributed by atoms with Gasteiger partial charge in [-0.3, -0.25) is 4.99 Å². The van der Waals surface area contributed by atoms with Crippen LogP contribution in [0.3, 0.4) is 0 Å². The molecule has 1 aliphatic heterocycles. The molecule has 2 nitrogen and oxygen atoms in total. The summed E-state index contributed by atoms with van der Waals surface area (Å²) in [5, 5.41) is 0. The summed E-state index contributed by atoms with van der Waals surface area (Å²) in [5.74, 6) is 2.00. The second kappa shape index (κ2) is 9.91. The van der Waals surface area contributed by atoms with Gasteiger partial charge in [-0.2, -0.15) is 0 Å². The molecule has 4 aromatic rings. The average Bonchev–Trinajstić information content (AvgIpc) is 3.72. The lowest BCUT2D eigenvalue weighted by Gasteiger charge is -2.24. The van der Waals surface area contributed by atoms with Gasteiger partial charge in [0.2, 0.25) is 0 Å². The summed E-state index contributed by atoms with van der Waals surface area (Å²) in [5.41, 5.74) is 9.19. The third kappa shape index (κ3) is 4.57. The van der Waals surface area contributed by atoms with Gasteiger partial charge in [0.25, 0.3) is 0 Å². The zero-order chi connectivity index (χ0) is 26.3. The van der Waals surface area contributed by atoms with Crippen molar-refractivity contribution in [3.05, 3.63) is 161 Å². The van der Waals surface area contributed by atoms with Crippen LogP contribution in [-0.2, 0) is 0 Å². The van der Waals surface area contributed by atoms with E-state index in [1.165, 1.54) is 22.3 Å². The van der Waals surface area contributed by atoms with E-state index in [4.69, 9.17) is 9.98 Å². The lowest BCUT2D eigenvalue weighted by molar-refractivity contribution is 0.854. The van der Waals surface area contributed by atoms with Crippen LogP contribution in [0.1, 0.15) is 22.7 Å². The first-order valence-electron chi connectivity index (χ1n) is 13.4. The number of fused-ring (bicyclic) bond motifs is 1. The van der Waals surface area contributed by atoms with Crippen molar-refractivity contribution in [3.63, 3.8) is 0 Å². The third-order valence-electron chi connectivity index (χ3n) is 8.00. The van der Waals surface area contributed by atoms with Crippen molar-refractivity contribution in [1.82, 2.24) is 0 Å². The molecular weight excluding hydrogens is 540 g/mol. The van der Waals surface area contributed by atoms with Gasteiger partial charge in [-0.25, -0.2) is 4.99 Å². The van der Waals surface area contributed by atoms with E-state index in [0.717, 1.165) is 32.7 Å². The van der Waals surface area contributed by atoms with Gasteiger partial charge >= 0.3 is 0 Å². The first kappa shape index (κ1) is 24.0. The molecule has 188 valence electrons. The minimum atomic E-state index is -0.154. The highest BCUT2D eigenvalue weighted by atomic mass is 79.9. The number of rotatable bonds is 5. The zero-order valence-electron chi connectivity index (χ0n) is 21.4. The van der Waals surface area contributed by atoms with Crippen molar-refractivity contribution in [2.24, 2.45) is 27.7 Å². The molecule has 4 unspecified atom stereocenters. The molecule has 0 amide bonds. The lowest BCUT2D eigenvalue weighted by atomic mass is 9.91. The van der Waals surface area contributed by atoms with Gasteiger partial charge in [0, 0.05) is 16.0 Å². The van der Waals surface area contributed by atoms with Crippen LogP contribution < -0.4 is 0 Å². The van der Waals surface area contributed by atoms with Crippen LogP contribution in [0.15, 0.2) is 154 Å². The van der Waals surface area contributed by atoms with Gasteiger partial charge in [-0.05, 0) is 57.4 Å². The van der Waals surface area contributed by atoms with E-state index >= 15 is 0 Å². The first-order valence-corrected chi connectivity index (χ1v) is 14.2. The maximum atomic E-state index is 5.21. The topological polar surface area (TPSA) is 24.7 Å². The van der Waals surface area contributed by atoms with Crippen LogP contribution in [0.4, 0.5) is 0 Å². The number of hydrogen-bond donors (Lipinski definition) is 0. The van der Waals surface area contributed by atoms with E-state index in [-0.39, 0.29) is 6.04 Å². The monoisotopic (exact) mass is 566 g/mol. The Morgan fingerprint density at radius 2 is 1.26 bits per heavy atom. The van der Waals surface area contributed by atoms with Gasteiger partial charge < -0.3 is 0 Å². The van der Waals surface area contributed by atoms with Crippen LogP contribution in [0.5, 0.6) is 0 Å². The Balaban J connectivity index is 1.25. The number of halogens is 1. The highest BCUT2D eigenvalue weighted by Gasteiger charge is 2.53. The molecule has 0 radical (unpaired) electrons. The van der Waals surface area contributed by atoms with E-state index in [0.29, 0.717) is 17.8 Å². The normalized spacial score (nSPS) is 23.4. The maximum Gasteiger partial charge on any atom is 0.155 e. The largest absolute Gasteiger partial charge is 0.253 e. The molecule has 3 aliphatic rings. The Kier molecular flexibility index (Phi) is 6.09. The summed E-state index contributed by atoms with van der Waals surface area (Å²) in [7, 11) is 0. The van der Waals surface area contributed by atoms with Crippen molar-refractivity contribution >= 4 is 33.1 Å². The Morgan fingerprint density at radius 1 is 0.641 bits per heavy atom. The molecule has 4 atom stereocenters. The van der Waals surface area contributed by atoms with Gasteiger partial charge in [0.1, 0.15) is 6.04 Å². The summed E-state index contributed by atoms with van der Waals surface area (Å²) in [6.07, 6.45) is 7.06. The van der Waals surface area contributed by atoms with Crippen molar-refractivity contribution in [2.75, 3.05) is 0 Å². The molecule has 7 rings (SSSR count). The van der Waals surface area contributed by atoms with Crippen molar-refractivity contribution < 1.29 is 0 Å². The van der Waals surface area contributed by atoms with Gasteiger partial charge in [0.05, 0.1) is 5.71 Å². The quantitative estimate of drug-likeness (QED) is 0.230. The van der Waals surface area contributed by atoms with Crippen LogP contribution in [0.2, 0.25) is 0 Å². The minimum Gasteiger partial charge on any atom is -0.253 e. The van der Waals surface area contributed by atoms with Crippen molar-refractivity contribution in [1.29, 1.82) is 0 Å². The predicted molar refractivity (Wildman–Crippen MR) is 166 cm³/mol. The molecule has 2 aliphatic carbocycles. The molecule has 1 fully saturated rings. The van der Waals surface area contributed by atoms with Crippen LogP contribution >= 0.6 is 15.9 Å². The first-order chi connectivity index (χ1) is 19.2. The fourth-order valence-corrected chi connectivity index (χ4v) is 6.10. The number of nitrogens with zero attached hydrogens (tertiary/aromatic N) is 2. The Labute approximate surface area is 238 Å². The number of allylic oxidation sites excluding steroid dienone is 4. The van der Waals surface area contributed by atoms with Crippen LogP contribution in [0, 0.1) is 17.8 Å². The summed E-state index contributed by atoms with van der Waals surface area (Å²) in [6, 6.07) is 37.9. The molecule has 0 saturated heterocycles. The highest BCUT2D eigenvalue weighted by molar-refractivity contribution is 9.10. The molecule has 39 heavy (non-hydrogen) atoms. The van der Waals surface area contributed by atoms with Gasteiger partial charge in [0.15, 0.2) is 5.84 Å². The van der Waals surface area contributed by atoms with E-state index in [1.807, 2.05) is 6.07 Å². The van der Waals surface area contributed by atoms with E-state index < -0.39 is 0 Å². The number of benzene rings is 4. The van der Waals surface area contributed by atoms with Crippen LogP contribution in [0.25, 0.3) is 16.7 Å². The second-order valence-corrected chi connectivity index (χ2v) is 11.3. The Morgan fingerprint density at radius 3 is 1.95 bits per heavy atom. The average molecular weight is 568 g/mol. The number of amidine groups is 1. The summed E-state index contributed by atoms with van der Waals surface area (Å²) < 4.78 is 1.05. The van der Waals surface area contributed by atoms with Crippen LogP contribution in [-0.4, -0.2) is 11.5 Å². The zero-order valence-corrected chi connectivity index (χ0v) is 23.0. The van der Waals surface area contributed by atoms with E-state index in [2.05, 4.69) is 144 Å². The lowest BCUT2D eigenvalue weighted by Crippen LogP contribution is -2.21. The second-order valence-electron chi connectivity index (χ2n) is 10.4. The Hall–Kier alpha value is -4.08. The molecular formula is C36H27BrN2. The van der Waals surface area contributed by atoms with Gasteiger partial charge in [-0.15, -0.1) is 0 Å². The predicted octanol–water partition coefficient (Wildman–Crippen LogP) is 9.13. The molecule has 4 aromatic carbocycles. The Bertz CT molecular complexity index is 1660. The minimum absolute atomic E-state index is 0.154. The van der Waals surface area contributed by atoms with Crippen molar-refractivity contribution in [3.8, 4) is 11.1 Å². The summed E-state index contributed by atoms with van der Waals surface area (Å²) in [4.78, 5) is 10.4. The van der Waals surface area contributed by atoms with Gasteiger partial charge in [-0.1, -0.05) is 138 Å². The smallest absolute Gasteiger partial charge is 0.155 e. The standard InChI is InChI=1S/C36H27BrN2/c1-23-34(27-16-19-30(37)20-17-27)38-36(28-14-12-26(13-15-28)24-8-4-2-5-9-24)39-35(23)33-31-21-18-29(22-32(31)33)25-10-6-3-7-11-25/h2-22,31-34H,1H2. The highest BCUT2D eigenvalue weighted by Crippen LogP contribution is 2.55. The summed E-state index contributed by atoms with van der Waals surface area (Å²) in [6.45, 7) is 4.56. The maximum absolute atomic E-state index is 5.21. The van der Waals surface area contributed by atoms with E-state index in [1.54, 1.807) is 0 Å². The molecule has 0 bridgehead atoms. The number of hydrogen-bond acceptors (Lipinski definition) is 2. The fourth-order valence-electron chi connectivity index (χ4n) is 5.83. The van der Waals surface area contributed by atoms with E-state index in [9.17, 15) is 0 Å². The molecule has 1 saturated carbocycles. The molecule has 0 aromatic heterocycles. The fraction of sp³-hybridized carbons (Fsp3) is 0.111. The SMILES string of the molecule is C=C1C(C2C3C=CC(c4ccccc4)=CC32)=NC(c2ccc(-c3ccccc3)cc2)=NC1c1ccc(Br)cc1. The molecule has 0 spiro atoms.